The summed E-state index contributed by atoms with van der Waals surface area (Å²) in [6, 6.07) is 0. The minimum absolute atomic E-state index is 0.0131. The lowest BCUT2D eigenvalue weighted by molar-refractivity contribution is -0.145. The second-order valence-corrected chi connectivity index (χ2v) is 3.03. The monoisotopic (exact) mass is 218 g/mol. The predicted molar refractivity (Wildman–Crippen MR) is 53.6 cm³/mol. The molecule has 15 heavy (non-hydrogen) atoms. The summed E-state index contributed by atoms with van der Waals surface area (Å²) in [5.41, 5.74) is 0. The van der Waals surface area contributed by atoms with Gasteiger partial charge in [0.15, 0.2) is 0 Å². The van der Waals surface area contributed by atoms with E-state index < -0.39 is 0 Å². The van der Waals surface area contributed by atoms with Gasteiger partial charge >= 0.3 is 5.97 Å². The molecular formula is C10H18O5. The van der Waals surface area contributed by atoms with Crippen LogP contribution in [0.5, 0.6) is 0 Å². The number of rotatable bonds is 9. The summed E-state index contributed by atoms with van der Waals surface area (Å²) in [5.74, 6) is -0.326. The Bertz CT molecular complexity index is 190. The molecule has 0 aromatic rings. The molecule has 0 radical (unpaired) electrons. The first-order valence-electron chi connectivity index (χ1n) is 4.88. The van der Waals surface area contributed by atoms with Crippen molar-refractivity contribution in [3.8, 4) is 0 Å². The van der Waals surface area contributed by atoms with E-state index in [1.165, 1.54) is 6.92 Å². The first kappa shape index (κ1) is 14.1. The first-order chi connectivity index (χ1) is 7.16. The molecule has 0 spiro atoms. The van der Waals surface area contributed by atoms with Crippen LogP contribution >= 0.6 is 0 Å². The third-order valence-corrected chi connectivity index (χ3v) is 1.60. The Labute approximate surface area is 89.7 Å². The van der Waals surface area contributed by atoms with Crippen molar-refractivity contribution in [2.45, 2.75) is 19.8 Å². The zero-order valence-electron chi connectivity index (χ0n) is 9.28. The van der Waals surface area contributed by atoms with Crippen molar-refractivity contribution < 1.29 is 23.8 Å². The third-order valence-electron chi connectivity index (χ3n) is 1.60. The second-order valence-electron chi connectivity index (χ2n) is 3.03. The number of carbonyl (C=O) groups is 2. The van der Waals surface area contributed by atoms with Crippen LogP contribution in [0, 0.1) is 0 Å². The Kier molecular flexibility index (Phi) is 9.01. The Morgan fingerprint density at radius 3 is 2.33 bits per heavy atom. The number of esters is 1. The van der Waals surface area contributed by atoms with Gasteiger partial charge in [0.2, 0.25) is 0 Å². The smallest absolute Gasteiger partial charge is 0.308 e. The van der Waals surface area contributed by atoms with Gasteiger partial charge in [-0.1, -0.05) is 0 Å². The summed E-state index contributed by atoms with van der Waals surface area (Å²) in [6.07, 6.45) is 0.484. The van der Waals surface area contributed by atoms with Gasteiger partial charge in [0.25, 0.3) is 0 Å². The van der Waals surface area contributed by atoms with Crippen molar-refractivity contribution in [2.75, 3.05) is 33.5 Å². The lowest BCUT2D eigenvalue weighted by atomic mass is 10.3. The molecule has 0 saturated heterocycles. The molecular weight excluding hydrogens is 200 g/mol. The molecule has 0 rings (SSSR count). The Hall–Kier alpha value is -0.940. The number of ketones is 1. The van der Waals surface area contributed by atoms with Crippen LogP contribution in [-0.2, 0) is 23.8 Å². The van der Waals surface area contributed by atoms with Gasteiger partial charge in [-0.2, -0.15) is 0 Å². The summed E-state index contributed by atoms with van der Waals surface area (Å²) >= 11 is 0. The molecule has 5 nitrogen and oxygen atoms in total. The zero-order chi connectivity index (χ0) is 11.5. The normalized spacial score (nSPS) is 10.0. The SMILES string of the molecule is COCCOCCC(=O)OCCC(C)=O. The highest BCUT2D eigenvalue weighted by atomic mass is 16.5. The average molecular weight is 218 g/mol. The van der Waals surface area contributed by atoms with Crippen LogP contribution in [0.3, 0.4) is 0 Å². The van der Waals surface area contributed by atoms with Gasteiger partial charge in [0, 0.05) is 13.5 Å². The summed E-state index contributed by atoms with van der Waals surface area (Å²) in [5, 5.41) is 0. The number of methoxy groups -OCH3 is 1. The fourth-order valence-electron chi connectivity index (χ4n) is 0.781. The van der Waals surface area contributed by atoms with Crippen LogP contribution in [-0.4, -0.2) is 45.3 Å². The number of carbonyl (C=O) groups excluding carboxylic acids is 2. The maximum atomic E-state index is 11.0. The topological polar surface area (TPSA) is 61.8 Å². The van der Waals surface area contributed by atoms with E-state index >= 15 is 0 Å². The van der Waals surface area contributed by atoms with E-state index in [0.29, 0.717) is 19.8 Å². The quantitative estimate of drug-likeness (QED) is 0.418. The summed E-state index contributed by atoms with van der Waals surface area (Å²) in [7, 11) is 1.58. The van der Waals surface area contributed by atoms with Crippen molar-refractivity contribution in [1.29, 1.82) is 0 Å². The molecule has 0 bridgehead atoms. The van der Waals surface area contributed by atoms with Gasteiger partial charge in [-0.05, 0) is 6.92 Å². The zero-order valence-corrected chi connectivity index (χ0v) is 9.28. The van der Waals surface area contributed by atoms with E-state index in [1.807, 2.05) is 0 Å². The summed E-state index contributed by atoms with van der Waals surface area (Å²) in [4.78, 5) is 21.5. The van der Waals surface area contributed by atoms with Crippen LogP contribution in [0.25, 0.3) is 0 Å². The Morgan fingerprint density at radius 1 is 1.00 bits per heavy atom. The first-order valence-corrected chi connectivity index (χ1v) is 4.88. The molecule has 0 saturated carbocycles. The van der Waals surface area contributed by atoms with Gasteiger partial charge in [0.05, 0.1) is 32.8 Å². The van der Waals surface area contributed by atoms with Crippen LogP contribution in [0.4, 0.5) is 0 Å². The van der Waals surface area contributed by atoms with Crippen LogP contribution in [0.1, 0.15) is 19.8 Å². The predicted octanol–water partition coefficient (Wildman–Crippen LogP) is 0.562. The highest BCUT2D eigenvalue weighted by molar-refractivity contribution is 5.76. The summed E-state index contributed by atoms with van der Waals surface area (Å²) in [6.45, 7) is 2.92. The number of hydrogen-bond donors (Lipinski definition) is 0. The van der Waals surface area contributed by atoms with E-state index in [2.05, 4.69) is 0 Å². The molecule has 5 heteroatoms. The molecule has 0 amide bonds. The van der Waals surface area contributed by atoms with Crippen LogP contribution < -0.4 is 0 Å². The highest BCUT2D eigenvalue weighted by Crippen LogP contribution is 1.91. The third kappa shape index (κ3) is 11.0. The molecule has 0 unspecified atom stereocenters. The van der Waals surface area contributed by atoms with E-state index in [0.717, 1.165) is 0 Å². The molecule has 0 aliphatic heterocycles. The van der Waals surface area contributed by atoms with Crippen LogP contribution in [0.15, 0.2) is 0 Å². The van der Waals surface area contributed by atoms with Crippen molar-refractivity contribution in [3.63, 3.8) is 0 Å². The van der Waals surface area contributed by atoms with Crippen molar-refractivity contribution in [2.24, 2.45) is 0 Å². The van der Waals surface area contributed by atoms with E-state index in [9.17, 15) is 9.59 Å². The molecule has 0 atom stereocenters. The lowest BCUT2D eigenvalue weighted by Gasteiger charge is -2.04. The van der Waals surface area contributed by atoms with E-state index in [1.54, 1.807) is 7.11 Å². The van der Waals surface area contributed by atoms with E-state index in [4.69, 9.17) is 14.2 Å². The largest absolute Gasteiger partial charge is 0.465 e. The van der Waals surface area contributed by atoms with Gasteiger partial charge in [0.1, 0.15) is 5.78 Å². The minimum atomic E-state index is -0.339. The van der Waals surface area contributed by atoms with Crippen molar-refractivity contribution >= 4 is 11.8 Å². The maximum absolute atomic E-state index is 11.0. The van der Waals surface area contributed by atoms with Gasteiger partial charge in [-0.3, -0.25) is 9.59 Å². The average Bonchev–Trinajstić information content (AvgIpc) is 2.17. The van der Waals surface area contributed by atoms with Crippen molar-refractivity contribution in [3.05, 3.63) is 0 Å². The number of ether oxygens (including phenoxy) is 3. The van der Waals surface area contributed by atoms with E-state index in [-0.39, 0.29) is 31.2 Å². The van der Waals surface area contributed by atoms with Crippen LogP contribution in [0.2, 0.25) is 0 Å². The number of Topliss-reactive ketones (excluding diaryl/α,β-unsaturated/α-hetero) is 1. The molecule has 0 heterocycles. The molecule has 0 aliphatic carbocycles. The fraction of sp³-hybridized carbons (Fsp3) is 0.800. The Morgan fingerprint density at radius 2 is 1.73 bits per heavy atom. The number of hydrogen-bond acceptors (Lipinski definition) is 5. The summed E-state index contributed by atoms with van der Waals surface area (Å²) < 4.78 is 14.6. The van der Waals surface area contributed by atoms with Gasteiger partial charge in [-0.25, -0.2) is 0 Å². The molecule has 0 aromatic carbocycles. The standard InChI is InChI=1S/C10H18O5/c1-9(11)3-6-15-10(12)4-5-14-8-7-13-2/h3-8H2,1-2H3. The molecule has 0 aliphatic rings. The molecule has 0 fully saturated rings. The molecule has 0 N–H and O–H groups in total. The molecule has 88 valence electrons. The second kappa shape index (κ2) is 9.61. The fourth-order valence-corrected chi connectivity index (χ4v) is 0.781. The maximum Gasteiger partial charge on any atom is 0.308 e. The van der Waals surface area contributed by atoms with Gasteiger partial charge < -0.3 is 14.2 Å². The van der Waals surface area contributed by atoms with Gasteiger partial charge in [-0.15, -0.1) is 0 Å². The minimum Gasteiger partial charge on any atom is -0.465 e. The highest BCUT2D eigenvalue weighted by Gasteiger charge is 2.03. The molecule has 0 aromatic heterocycles. The lowest BCUT2D eigenvalue weighted by Crippen LogP contribution is -2.12. The Balaban J connectivity index is 3.22. The van der Waals surface area contributed by atoms with Crippen molar-refractivity contribution in [1.82, 2.24) is 0 Å².